The smallest absolute Gasteiger partial charge is 0.205 e. The van der Waals surface area contributed by atoms with E-state index >= 15 is 0 Å². The minimum atomic E-state index is -2.47. The summed E-state index contributed by atoms with van der Waals surface area (Å²) in [5.41, 5.74) is 5.27. The van der Waals surface area contributed by atoms with Gasteiger partial charge in [0.05, 0.1) is 5.78 Å². The molecule has 0 aromatic carbocycles. The van der Waals surface area contributed by atoms with Gasteiger partial charge in [0.15, 0.2) is 0 Å². The van der Waals surface area contributed by atoms with Gasteiger partial charge in [-0.25, -0.2) is 0 Å². The molecular weight excluding hydrogens is 157 g/mol. The van der Waals surface area contributed by atoms with E-state index in [4.69, 9.17) is 10.6 Å². The number of nitrogens with two attached hydrogens (primary N) is 1. The minimum absolute atomic E-state index is 0.498. The highest BCUT2D eigenvalue weighted by Gasteiger charge is 2.05. The van der Waals surface area contributed by atoms with E-state index in [1.807, 2.05) is 6.26 Å². The molecule has 9 heavy (non-hydrogen) atoms. The van der Waals surface area contributed by atoms with E-state index in [1.54, 1.807) is 11.8 Å². The van der Waals surface area contributed by atoms with Crippen LogP contribution >= 0.6 is 19.8 Å². The molecule has 0 aliphatic heterocycles. The van der Waals surface area contributed by atoms with Gasteiger partial charge in [-0.1, -0.05) is 0 Å². The molecule has 56 valence electrons. The first-order valence-electron chi connectivity index (χ1n) is 2.65. The van der Waals surface area contributed by atoms with E-state index in [9.17, 15) is 4.57 Å². The van der Waals surface area contributed by atoms with Crippen LogP contribution in [0.15, 0.2) is 0 Å². The van der Waals surface area contributed by atoms with Gasteiger partial charge in [0, 0.05) is 0 Å². The van der Waals surface area contributed by atoms with Crippen molar-refractivity contribution in [3.8, 4) is 0 Å². The Hall–Kier alpha value is 0.500. The molecule has 0 saturated heterocycles. The van der Waals surface area contributed by atoms with Crippen LogP contribution in [0.25, 0.3) is 0 Å². The second kappa shape index (κ2) is 5.30. The van der Waals surface area contributed by atoms with Crippen LogP contribution < -0.4 is 5.73 Å². The summed E-state index contributed by atoms with van der Waals surface area (Å²) in [5, 5.41) is 0. The summed E-state index contributed by atoms with van der Waals surface area (Å²) < 4.78 is 10.3. The summed E-state index contributed by atoms with van der Waals surface area (Å²) >= 11 is 1.63. The van der Waals surface area contributed by atoms with Gasteiger partial charge in [-0.3, -0.25) is 4.57 Å². The number of hydrogen-bond donors (Lipinski definition) is 2. The van der Waals surface area contributed by atoms with Gasteiger partial charge in [-0.15, -0.1) is 0 Å². The summed E-state index contributed by atoms with van der Waals surface area (Å²) in [5.74, 6) is 0.362. The summed E-state index contributed by atoms with van der Waals surface area (Å²) in [4.78, 5) is 8.46. The monoisotopic (exact) mass is 169 g/mol. The van der Waals surface area contributed by atoms with E-state index < -0.39 is 13.8 Å². The highest BCUT2D eigenvalue weighted by molar-refractivity contribution is 7.98. The molecule has 0 fully saturated rings. The van der Waals surface area contributed by atoms with Crippen LogP contribution in [0.5, 0.6) is 0 Å². The SMILES string of the molecule is CSCC[C@H](N)[PH](=O)O. The highest BCUT2D eigenvalue weighted by Crippen LogP contribution is 2.21. The second-order valence-corrected chi connectivity index (χ2v) is 4.13. The van der Waals surface area contributed by atoms with Gasteiger partial charge in [0.25, 0.3) is 0 Å². The Bertz CT molecular complexity index is 101. The van der Waals surface area contributed by atoms with Crippen LogP contribution in [0.3, 0.4) is 0 Å². The van der Waals surface area contributed by atoms with Crippen LogP contribution in [0.1, 0.15) is 6.42 Å². The van der Waals surface area contributed by atoms with Crippen LogP contribution in [0.2, 0.25) is 0 Å². The zero-order chi connectivity index (χ0) is 7.28. The number of rotatable bonds is 4. The first kappa shape index (κ1) is 9.50. The fourth-order valence-electron chi connectivity index (χ4n) is 0.368. The second-order valence-electron chi connectivity index (χ2n) is 1.73. The average Bonchev–Trinajstić information content (AvgIpc) is 1.82. The molecule has 0 aromatic heterocycles. The van der Waals surface area contributed by atoms with Gasteiger partial charge in [-0.2, -0.15) is 11.8 Å². The Kier molecular flexibility index (Phi) is 5.59. The topological polar surface area (TPSA) is 63.3 Å². The lowest BCUT2D eigenvalue weighted by Crippen LogP contribution is -2.15. The maximum Gasteiger partial charge on any atom is 0.205 e. The van der Waals surface area contributed by atoms with Crippen LogP contribution in [0, 0.1) is 0 Å². The molecule has 0 spiro atoms. The summed E-state index contributed by atoms with van der Waals surface area (Å²) in [6.07, 6.45) is 2.58. The Labute approximate surface area is 59.9 Å². The van der Waals surface area contributed by atoms with Crippen LogP contribution in [0.4, 0.5) is 0 Å². The third kappa shape index (κ3) is 4.97. The lowest BCUT2D eigenvalue weighted by molar-refractivity contribution is 0.488. The van der Waals surface area contributed by atoms with Gasteiger partial charge in [0.1, 0.15) is 0 Å². The largest absolute Gasteiger partial charge is 0.345 e. The van der Waals surface area contributed by atoms with Gasteiger partial charge < -0.3 is 10.6 Å². The maximum atomic E-state index is 10.3. The molecular formula is C4H12NO2PS. The molecule has 1 unspecified atom stereocenters. The van der Waals surface area contributed by atoms with E-state index in [0.717, 1.165) is 5.75 Å². The van der Waals surface area contributed by atoms with Gasteiger partial charge >= 0.3 is 0 Å². The Morgan fingerprint density at radius 1 is 1.89 bits per heavy atom. The fraction of sp³-hybridized carbons (Fsp3) is 1.00. The third-order valence-electron chi connectivity index (χ3n) is 0.950. The van der Waals surface area contributed by atoms with Crippen molar-refractivity contribution >= 4 is 19.8 Å². The first-order valence-corrected chi connectivity index (χ1v) is 5.48. The number of hydrogen-bond acceptors (Lipinski definition) is 3. The zero-order valence-electron chi connectivity index (χ0n) is 5.33. The normalized spacial score (nSPS) is 17.2. The standard InChI is InChI=1S/C4H12NO2PS/c1-9-3-2-4(5)8(6)7/h4,8H,2-3,5H2,1H3,(H,6,7)/t4-/m1/s1. The quantitative estimate of drug-likeness (QED) is 0.601. The van der Waals surface area contributed by atoms with E-state index in [0.29, 0.717) is 6.42 Å². The van der Waals surface area contributed by atoms with Crippen LogP contribution in [-0.4, -0.2) is 22.7 Å². The summed E-state index contributed by atoms with van der Waals surface area (Å²) in [6, 6.07) is 0. The Balaban J connectivity index is 3.27. The predicted octanol–water partition coefficient (Wildman–Crippen LogP) is 0.491. The minimum Gasteiger partial charge on any atom is -0.345 e. The van der Waals surface area contributed by atoms with Crippen molar-refractivity contribution in [2.24, 2.45) is 5.73 Å². The van der Waals surface area contributed by atoms with Gasteiger partial charge in [0.2, 0.25) is 8.03 Å². The van der Waals surface area contributed by atoms with Crippen molar-refractivity contribution in [2.75, 3.05) is 12.0 Å². The molecule has 0 amide bonds. The van der Waals surface area contributed by atoms with E-state index in [-0.39, 0.29) is 0 Å². The van der Waals surface area contributed by atoms with E-state index in [1.165, 1.54) is 0 Å². The molecule has 0 rings (SSSR count). The van der Waals surface area contributed by atoms with Crippen molar-refractivity contribution in [1.82, 2.24) is 0 Å². The molecule has 0 bridgehead atoms. The maximum absolute atomic E-state index is 10.3. The Morgan fingerprint density at radius 2 is 2.44 bits per heavy atom. The van der Waals surface area contributed by atoms with Crippen LogP contribution in [-0.2, 0) is 4.57 Å². The average molecular weight is 169 g/mol. The molecule has 0 heterocycles. The molecule has 0 saturated carbocycles. The molecule has 0 aromatic rings. The van der Waals surface area contributed by atoms with E-state index in [2.05, 4.69) is 0 Å². The summed E-state index contributed by atoms with van der Waals surface area (Å²) in [7, 11) is -2.47. The molecule has 3 N–H and O–H groups in total. The molecule has 2 atom stereocenters. The summed E-state index contributed by atoms with van der Waals surface area (Å²) in [6.45, 7) is 0. The highest BCUT2D eigenvalue weighted by atomic mass is 32.2. The first-order chi connectivity index (χ1) is 4.18. The fourth-order valence-corrected chi connectivity index (χ4v) is 1.46. The van der Waals surface area contributed by atoms with Crippen molar-refractivity contribution in [2.45, 2.75) is 12.2 Å². The zero-order valence-corrected chi connectivity index (χ0v) is 7.15. The van der Waals surface area contributed by atoms with Crippen molar-refractivity contribution < 1.29 is 9.46 Å². The van der Waals surface area contributed by atoms with Gasteiger partial charge in [-0.05, 0) is 18.4 Å². The molecule has 0 aliphatic carbocycles. The molecule has 0 radical (unpaired) electrons. The molecule has 5 heteroatoms. The third-order valence-corrected chi connectivity index (χ3v) is 2.52. The lowest BCUT2D eigenvalue weighted by atomic mass is 10.5. The number of thioether (sulfide) groups is 1. The van der Waals surface area contributed by atoms with Crippen molar-refractivity contribution in [1.29, 1.82) is 0 Å². The predicted molar refractivity (Wildman–Crippen MR) is 42.2 cm³/mol. The van der Waals surface area contributed by atoms with Crippen molar-refractivity contribution in [3.05, 3.63) is 0 Å². The Morgan fingerprint density at radius 3 is 2.78 bits per heavy atom. The molecule has 0 aliphatic rings. The lowest BCUT2D eigenvalue weighted by Gasteiger charge is -2.04. The molecule has 3 nitrogen and oxygen atoms in total. The van der Waals surface area contributed by atoms with Crippen molar-refractivity contribution in [3.63, 3.8) is 0 Å².